The van der Waals surface area contributed by atoms with Crippen molar-refractivity contribution in [2.24, 2.45) is 0 Å². The van der Waals surface area contributed by atoms with Gasteiger partial charge in [0.15, 0.2) is 5.82 Å². The van der Waals surface area contributed by atoms with E-state index in [0.29, 0.717) is 40.6 Å². The Morgan fingerprint density at radius 1 is 0.949 bits per heavy atom. The number of imidazole rings is 1. The molecule has 0 fully saturated rings. The zero-order valence-electron chi connectivity index (χ0n) is 21.7. The van der Waals surface area contributed by atoms with E-state index in [9.17, 15) is 9.59 Å². The molecule has 5 rings (SSSR count). The number of hydrogen-bond acceptors (Lipinski definition) is 9. The number of tetrazole rings is 1. The van der Waals surface area contributed by atoms with Gasteiger partial charge in [0.1, 0.15) is 11.6 Å². The topological polar surface area (TPSA) is 134 Å². The largest absolute Gasteiger partial charge is 0.493 e. The summed E-state index contributed by atoms with van der Waals surface area (Å²) in [5, 5.41) is 14.3. The van der Waals surface area contributed by atoms with Crippen LogP contribution in [0, 0.1) is 6.92 Å². The molecule has 1 N–H and O–H groups in total. The van der Waals surface area contributed by atoms with Crippen molar-refractivity contribution in [3.63, 3.8) is 0 Å². The maximum atomic E-state index is 13.0. The Balaban J connectivity index is 1.59. The second-order valence-electron chi connectivity index (χ2n) is 8.50. The first kappa shape index (κ1) is 25.6. The minimum absolute atomic E-state index is 0.191. The number of aromatic nitrogens is 6. The molecule has 0 aliphatic rings. The number of carbonyl (C=O) groups excluding carboxylic acids is 2. The van der Waals surface area contributed by atoms with Crippen molar-refractivity contribution in [2.75, 3.05) is 13.4 Å². The number of benzene rings is 3. The average Bonchev–Trinajstić information content (AvgIpc) is 3.60. The monoisotopic (exact) mass is 526 g/mol. The Labute approximate surface area is 223 Å². The minimum Gasteiger partial charge on any atom is -0.493 e. The Morgan fingerprint density at radius 3 is 2.51 bits per heavy atom. The third-order valence-corrected chi connectivity index (χ3v) is 6.10. The van der Waals surface area contributed by atoms with Crippen LogP contribution in [0.25, 0.3) is 39.2 Å². The third-order valence-electron chi connectivity index (χ3n) is 6.10. The van der Waals surface area contributed by atoms with Crippen LogP contribution in [-0.4, -0.2) is 55.5 Å². The van der Waals surface area contributed by atoms with E-state index in [1.165, 1.54) is 0 Å². The van der Waals surface area contributed by atoms with Crippen molar-refractivity contribution in [2.45, 2.75) is 27.2 Å². The normalized spacial score (nSPS) is 10.9. The summed E-state index contributed by atoms with van der Waals surface area (Å²) in [4.78, 5) is 29.1. The lowest BCUT2D eigenvalue weighted by Crippen LogP contribution is -2.13. The fraction of sp³-hybridized carbons (Fsp3) is 0.214. The summed E-state index contributed by atoms with van der Waals surface area (Å²) in [7, 11) is 0. The molecule has 0 radical (unpaired) electrons. The summed E-state index contributed by atoms with van der Waals surface area (Å²) < 4.78 is 18.1. The van der Waals surface area contributed by atoms with Gasteiger partial charge < -0.3 is 14.2 Å². The summed E-state index contributed by atoms with van der Waals surface area (Å²) in [6.07, 6.45) is 0.191. The fourth-order valence-corrected chi connectivity index (χ4v) is 4.40. The van der Waals surface area contributed by atoms with Gasteiger partial charge in [0.2, 0.25) is 6.79 Å². The number of aromatic amines is 1. The van der Waals surface area contributed by atoms with Crippen LogP contribution in [0.2, 0.25) is 0 Å². The summed E-state index contributed by atoms with van der Waals surface area (Å²) in [5.74, 6) is 0.781. The predicted molar refractivity (Wildman–Crippen MR) is 142 cm³/mol. The van der Waals surface area contributed by atoms with E-state index in [-0.39, 0.29) is 6.42 Å². The van der Waals surface area contributed by atoms with Gasteiger partial charge in [-0.25, -0.2) is 14.9 Å². The molecular formula is C28H26N6O5. The van der Waals surface area contributed by atoms with Gasteiger partial charge in [-0.15, -0.1) is 5.10 Å². The van der Waals surface area contributed by atoms with Crippen LogP contribution in [-0.2, 0) is 14.3 Å². The Hall–Kier alpha value is -5.06. The van der Waals surface area contributed by atoms with Crippen molar-refractivity contribution in [3.05, 3.63) is 72.1 Å². The molecular weight excluding hydrogens is 500 g/mol. The number of nitrogens with one attached hydrogen (secondary N) is 1. The van der Waals surface area contributed by atoms with E-state index < -0.39 is 18.7 Å². The highest BCUT2D eigenvalue weighted by molar-refractivity contribution is 6.03. The maximum absolute atomic E-state index is 13.0. The van der Waals surface area contributed by atoms with Crippen LogP contribution >= 0.6 is 0 Å². The molecule has 0 unspecified atom stereocenters. The highest BCUT2D eigenvalue weighted by Gasteiger charge is 2.21. The van der Waals surface area contributed by atoms with Gasteiger partial charge in [-0.1, -0.05) is 37.3 Å². The number of H-pyrrole nitrogens is 1. The molecule has 2 aromatic heterocycles. The summed E-state index contributed by atoms with van der Waals surface area (Å²) in [6.45, 7) is 5.43. The van der Waals surface area contributed by atoms with E-state index in [1.807, 2.05) is 66.9 Å². The van der Waals surface area contributed by atoms with Crippen LogP contribution < -0.4 is 4.74 Å². The lowest BCUT2D eigenvalue weighted by atomic mass is 9.98. The number of ether oxygens (including phenoxy) is 3. The molecule has 0 atom stereocenters. The van der Waals surface area contributed by atoms with Crippen LogP contribution in [0.3, 0.4) is 0 Å². The molecule has 0 bridgehead atoms. The number of hydrogen-bond donors (Lipinski definition) is 1. The smallest absolute Gasteiger partial charge is 0.343 e. The van der Waals surface area contributed by atoms with Gasteiger partial charge in [0.25, 0.3) is 0 Å². The van der Waals surface area contributed by atoms with Crippen LogP contribution in [0.1, 0.15) is 36.5 Å². The Kier molecular flexibility index (Phi) is 7.30. The number of aryl methyl sites for hydroxylation is 1. The van der Waals surface area contributed by atoms with Gasteiger partial charge in [0.05, 0.1) is 28.9 Å². The maximum Gasteiger partial charge on any atom is 0.343 e. The standard InChI is InChI=1S/C28H26N6O5/c1-4-25(35)38-16-39-28(36)22-11-8-12-23-26(22)34(17(3)29-23)18-13-14-20(24(15-18)37-5-2)19-9-6-7-10-21(19)27-30-32-33-31-27/h6-15H,4-5,16H2,1-3H3,(H,30,31,32,33). The van der Waals surface area contributed by atoms with E-state index in [1.54, 1.807) is 19.1 Å². The van der Waals surface area contributed by atoms with Gasteiger partial charge in [-0.3, -0.25) is 9.36 Å². The molecule has 2 heterocycles. The quantitative estimate of drug-likeness (QED) is 0.215. The Morgan fingerprint density at radius 2 is 1.77 bits per heavy atom. The molecule has 198 valence electrons. The summed E-state index contributed by atoms with van der Waals surface area (Å²) >= 11 is 0. The van der Waals surface area contributed by atoms with Crippen LogP contribution in [0.5, 0.6) is 5.75 Å². The first-order valence-electron chi connectivity index (χ1n) is 12.4. The highest BCUT2D eigenvalue weighted by atomic mass is 16.7. The van der Waals surface area contributed by atoms with Gasteiger partial charge in [-0.05, 0) is 54.1 Å². The second kappa shape index (κ2) is 11.1. The molecule has 11 heteroatoms. The van der Waals surface area contributed by atoms with Crippen molar-refractivity contribution in [1.29, 1.82) is 0 Å². The number of fused-ring (bicyclic) bond motifs is 1. The molecule has 0 amide bonds. The van der Waals surface area contributed by atoms with Crippen molar-refractivity contribution in [1.82, 2.24) is 30.2 Å². The summed E-state index contributed by atoms with van der Waals surface area (Å²) in [6, 6.07) is 18.8. The highest BCUT2D eigenvalue weighted by Crippen LogP contribution is 2.38. The Bertz CT molecular complexity index is 1640. The number of nitrogens with zero attached hydrogens (tertiary/aromatic N) is 5. The zero-order chi connectivity index (χ0) is 27.4. The molecule has 0 saturated heterocycles. The molecule has 0 aliphatic carbocycles. The molecule has 11 nitrogen and oxygen atoms in total. The molecule has 3 aromatic carbocycles. The first-order valence-corrected chi connectivity index (χ1v) is 12.4. The lowest BCUT2D eigenvalue weighted by Gasteiger charge is -2.16. The molecule has 39 heavy (non-hydrogen) atoms. The third kappa shape index (κ3) is 5.06. The van der Waals surface area contributed by atoms with Gasteiger partial charge in [0, 0.05) is 23.6 Å². The zero-order valence-corrected chi connectivity index (χ0v) is 21.7. The number of para-hydroxylation sites is 1. The van der Waals surface area contributed by atoms with E-state index in [0.717, 1.165) is 22.4 Å². The first-order chi connectivity index (χ1) is 19.0. The number of esters is 2. The van der Waals surface area contributed by atoms with Crippen LogP contribution in [0.4, 0.5) is 0 Å². The average molecular weight is 527 g/mol. The van der Waals surface area contributed by atoms with E-state index >= 15 is 0 Å². The van der Waals surface area contributed by atoms with Gasteiger partial charge in [-0.2, -0.15) is 0 Å². The second-order valence-corrected chi connectivity index (χ2v) is 8.50. The van der Waals surface area contributed by atoms with Crippen LogP contribution in [0.15, 0.2) is 60.7 Å². The molecule has 0 spiro atoms. The van der Waals surface area contributed by atoms with E-state index in [2.05, 4.69) is 25.6 Å². The van der Waals surface area contributed by atoms with Crippen molar-refractivity contribution in [3.8, 4) is 34.0 Å². The summed E-state index contributed by atoms with van der Waals surface area (Å²) in [5.41, 5.74) is 4.82. The molecule has 5 aromatic rings. The molecule has 0 saturated carbocycles. The van der Waals surface area contributed by atoms with Gasteiger partial charge >= 0.3 is 11.9 Å². The molecule has 0 aliphatic heterocycles. The number of rotatable bonds is 9. The fourth-order valence-electron chi connectivity index (χ4n) is 4.40. The van der Waals surface area contributed by atoms with Crippen molar-refractivity contribution < 1.29 is 23.8 Å². The number of carbonyl (C=O) groups is 2. The SMILES string of the molecule is CCOc1cc(-n2c(C)nc3cccc(C(=O)OCOC(=O)CC)c32)ccc1-c1ccccc1-c1nnn[nH]1. The minimum atomic E-state index is -0.623. The predicted octanol–water partition coefficient (Wildman–Crippen LogP) is 4.65. The van der Waals surface area contributed by atoms with Crippen molar-refractivity contribution >= 4 is 23.0 Å². The lowest BCUT2D eigenvalue weighted by molar-refractivity contribution is -0.151. The van der Waals surface area contributed by atoms with E-state index in [4.69, 9.17) is 14.2 Å².